The number of carbonyl (C=O) groups is 1. The van der Waals surface area contributed by atoms with E-state index in [1.807, 2.05) is 52.8 Å². The van der Waals surface area contributed by atoms with Crippen LogP contribution in [-0.4, -0.2) is 25.2 Å². The smallest absolute Gasteiger partial charge is 0.320 e. The zero-order chi connectivity index (χ0) is 15.3. The topological polar surface area (TPSA) is 47.6 Å². The van der Waals surface area contributed by atoms with Crippen LogP contribution in [0.2, 0.25) is 0 Å². The number of hydrogen-bond acceptors (Lipinski definition) is 4. The molecule has 1 aromatic rings. The van der Waals surface area contributed by atoms with Crippen LogP contribution >= 0.6 is 0 Å². The summed E-state index contributed by atoms with van der Waals surface area (Å²) in [5, 5.41) is 3.16. The van der Waals surface area contributed by atoms with E-state index >= 15 is 0 Å². The number of aryl methyl sites for hydroxylation is 1. The molecule has 4 nitrogen and oxygen atoms in total. The lowest BCUT2D eigenvalue weighted by atomic mass is 10.0. The molecule has 1 atom stereocenters. The molecular formula is C16H25NO3. The fourth-order valence-corrected chi connectivity index (χ4v) is 1.90. The number of nitrogens with one attached hydrogen (secondary N) is 1. The lowest BCUT2D eigenvalue weighted by Crippen LogP contribution is -2.32. The standard InChI is InChI=1S/C16H25NO3/c1-11-7-8-13(14(9-11)19-6)12(2)17-10-15(18)20-16(3,4)5/h7-9,12,17H,10H2,1-6H3. The van der Waals surface area contributed by atoms with Gasteiger partial charge in [0.2, 0.25) is 0 Å². The summed E-state index contributed by atoms with van der Waals surface area (Å²) in [5.74, 6) is 0.574. The molecule has 0 saturated carbocycles. The molecule has 0 heterocycles. The van der Waals surface area contributed by atoms with Crippen LogP contribution in [0.25, 0.3) is 0 Å². The second kappa shape index (κ2) is 6.75. The molecule has 0 amide bonds. The largest absolute Gasteiger partial charge is 0.496 e. The summed E-state index contributed by atoms with van der Waals surface area (Å²) in [6.07, 6.45) is 0. The molecule has 0 spiro atoms. The molecule has 1 N–H and O–H groups in total. The van der Waals surface area contributed by atoms with Gasteiger partial charge in [0.1, 0.15) is 11.4 Å². The highest BCUT2D eigenvalue weighted by molar-refractivity contribution is 5.72. The van der Waals surface area contributed by atoms with Crippen molar-refractivity contribution in [3.63, 3.8) is 0 Å². The van der Waals surface area contributed by atoms with Gasteiger partial charge in [-0.3, -0.25) is 4.79 Å². The molecule has 1 aromatic carbocycles. The van der Waals surface area contributed by atoms with Gasteiger partial charge in [0.15, 0.2) is 0 Å². The van der Waals surface area contributed by atoms with Gasteiger partial charge >= 0.3 is 5.97 Å². The third-order valence-electron chi connectivity index (χ3n) is 2.83. The summed E-state index contributed by atoms with van der Waals surface area (Å²) in [5.41, 5.74) is 1.72. The monoisotopic (exact) mass is 279 g/mol. The molecule has 0 aliphatic rings. The molecule has 0 radical (unpaired) electrons. The number of benzene rings is 1. The van der Waals surface area contributed by atoms with Gasteiger partial charge < -0.3 is 14.8 Å². The quantitative estimate of drug-likeness (QED) is 0.842. The molecule has 0 aliphatic heterocycles. The zero-order valence-electron chi connectivity index (χ0n) is 13.2. The molecule has 0 aliphatic carbocycles. The Bertz CT molecular complexity index is 463. The fourth-order valence-electron chi connectivity index (χ4n) is 1.90. The molecule has 0 aromatic heterocycles. The van der Waals surface area contributed by atoms with Crippen LogP contribution in [0.1, 0.15) is 44.9 Å². The van der Waals surface area contributed by atoms with Crippen molar-refractivity contribution in [3.8, 4) is 5.75 Å². The number of ether oxygens (including phenoxy) is 2. The Morgan fingerprint density at radius 3 is 2.55 bits per heavy atom. The Labute approximate surface area is 121 Å². The van der Waals surface area contributed by atoms with Crippen molar-refractivity contribution in [3.05, 3.63) is 29.3 Å². The molecule has 0 bridgehead atoms. The van der Waals surface area contributed by atoms with E-state index < -0.39 is 5.60 Å². The average Bonchev–Trinajstić information content (AvgIpc) is 2.33. The minimum absolute atomic E-state index is 0.0121. The second-order valence-corrected chi connectivity index (χ2v) is 5.93. The molecule has 1 rings (SSSR count). The van der Waals surface area contributed by atoms with E-state index in [1.165, 1.54) is 0 Å². The minimum atomic E-state index is -0.455. The van der Waals surface area contributed by atoms with Gasteiger partial charge in [0, 0.05) is 11.6 Å². The van der Waals surface area contributed by atoms with Crippen molar-refractivity contribution in [2.45, 2.75) is 46.3 Å². The normalized spacial score (nSPS) is 12.9. The second-order valence-electron chi connectivity index (χ2n) is 5.93. The van der Waals surface area contributed by atoms with Gasteiger partial charge in [-0.05, 0) is 46.2 Å². The van der Waals surface area contributed by atoms with E-state index in [-0.39, 0.29) is 18.6 Å². The summed E-state index contributed by atoms with van der Waals surface area (Å²) in [4.78, 5) is 11.7. The Morgan fingerprint density at radius 2 is 2.00 bits per heavy atom. The highest BCUT2D eigenvalue weighted by Gasteiger charge is 2.18. The maximum absolute atomic E-state index is 11.7. The number of methoxy groups -OCH3 is 1. The average molecular weight is 279 g/mol. The molecule has 4 heteroatoms. The Balaban J connectivity index is 2.63. The van der Waals surface area contributed by atoms with E-state index in [1.54, 1.807) is 7.11 Å². The number of rotatable bonds is 5. The van der Waals surface area contributed by atoms with Crippen molar-refractivity contribution in [2.75, 3.05) is 13.7 Å². The van der Waals surface area contributed by atoms with Crippen molar-refractivity contribution in [1.82, 2.24) is 5.32 Å². The third-order valence-corrected chi connectivity index (χ3v) is 2.83. The van der Waals surface area contributed by atoms with Crippen LogP contribution in [-0.2, 0) is 9.53 Å². The number of esters is 1. The van der Waals surface area contributed by atoms with Crippen LogP contribution in [0.3, 0.4) is 0 Å². The van der Waals surface area contributed by atoms with Crippen LogP contribution in [0.4, 0.5) is 0 Å². The molecular weight excluding hydrogens is 254 g/mol. The van der Waals surface area contributed by atoms with E-state index in [0.29, 0.717) is 0 Å². The highest BCUT2D eigenvalue weighted by Crippen LogP contribution is 2.25. The lowest BCUT2D eigenvalue weighted by molar-refractivity contribution is -0.153. The Kier molecular flexibility index (Phi) is 5.57. The SMILES string of the molecule is COc1cc(C)ccc1C(C)NCC(=O)OC(C)(C)C. The minimum Gasteiger partial charge on any atom is -0.496 e. The lowest BCUT2D eigenvalue weighted by Gasteiger charge is -2.21. The van der Waals surface area contributed by atoms with Gasteiger partial charge in [0.05, 0.1) is 13.7 Å². The molecule has 1 unspecified atom stereocenters. The summed E-state index contributed by atoms with van der Waals surface area (Å²) < 4.78 is 10.6. The van der Waals surface area contributed by atoms with E-state index in [2.05, 4.69) is 5.32 Å². The summed E-state index contributed by atoms with van der Waals surface area (Å²) in [6.45, 7) is 9.77. The maximum Gasteiger partial charge on any atom is 0.320 e. The van der Waals surface area contributed by atoms with Gasteiger partial charge in [0.25, 0.3) is 0 Å². The first-order chi connectivity index (χ1) is 9.23. The van der Waals surface area contributed by atoms with E-state index in [4.69, 9.17) is 9.47 Å². The summed E-state index contributed by atoms with van der Waals surface area (Å²) >= 11 is 0. The van der Waals surface area contributed by atoms with Crippen molar-refractivity contribution in [2.24, 2.45) is 0 Å². The fraction of sp³-hybridized carbons (Fsp3) is 0.562. The van der Waals surface area contributed by atoms with E-state index in [9.17, 15) is 4.79 Å². The molecule has 20 heavy (non-hydrogen) atoms. The van der Waals surface area contributed by atoms with Crippen molar-refractivity contribution >= 4 is 5.97 Å². The van der Waals surface area contributed by atoms with E-state index in [0.717, 1.165) is 16.9 Å². The first kappa shape index (κ1) is 16.5. The molecule has 0 saturated heterocycles. The highest BCUT2D eigenvalue weighted by atomic mass is 16.6. The van der Waals surface area contributed by atoms with Gasteiger partial charge in [-0.1, -0.05) is 12.1 Å². The van der Waals surface area contributed by atoms with Crippen molar-refractivity contribution < 1.29 is 14.3 Å². The van der Waals surface area contributed by atoms with Crippen LogP contribution in [0, 0.1) is 6.92 Å². The number of carbonyl (C=O) groups excluding carboxylic acids is 1. The Hall–Kier alpha value is -1.55. The molecule has 0 fully saturated rings. The number of hydrogen-bond donors (Lipinski definition) is 1. The Morgan fingerprint density at radius 1 is 1.35 bits per heavy atom. The first-order valence-electron chi connectivity index (χ1n) is 6.82. The van der Waals surface area contributed by atoms with Gasteiger partial charge in [-0.25, -0.2) is 0 Å². The first-order valence-corrected chi connectivity index (χ1v) is 6.82. The van der Waals surface area contributed by atoms with Crippen molar-refractivity contribution in [1.29, 1.82) is 0 Å². The van der Waals surface area contributed by atoms with Gasteiger partial charge in [-0.2, -0.15) is 0 Å². The predicted molar refractivity (Wildman–Crippen MR) is 80.0 cm³/mol. The van der Waals surface area contributed by atoms with Crippen LogP contribution in [0.15, 0.2) is 18.2 Å². The predicted octanol–water partition coefficient (Wildman–Crippen LogP) is 3.00. The molecule has 112 valence electrons. The van der Waals surface area contributed by atoms with Crippen LogP contribution in [0.5, 0.6) is 5.75 Å². The summed E-state index contributed by atoms with van der Waals surface area (Å²) in [7, 11) is 1.65. The third kappa shape index (κ3) is 5.21. The maximum atomic E-state index is 11.7. The summed E-state index contributed by atoms with van der Waals surface area (Å²) in [6, 6.07) is 6.05. The van der Waals surface area contributed by atoms with Gasteiger partial charge in [-0.15, -0.1) is 0 Å². The zero-order valence-corrected chi connectivity index (χ0v) is 13.2. The van der Waals surface area contributed by atoms with Crippen LogP contribution < -0.4 is 10.1 Å².